The molecule has 1 aromatic rings. The summed E-state index contributed by atoms with van der Waals surface area (Å²) in [6, 6.07) is 5.06. The summed E-state index contributed by atoms with van der Waals surface area (Å²) in [6.45, 7) is 0.969. The summed E-state index contributed by atoms with van der Waals surface area (Å²) < 4.78 is 13.4. The Morgan fingerprint density at radius 3 is 3.14 bits per heavy atom. The molecule has 1 saturated heterocycles. The van der Waals surface area contributed by atoms with E-state index in [1.807, 2.05) is 17.8 Å². The number of rotatable bonds is 3. The largest absolute Gasteiger partial charge is 0.349 e. The van der Waals surface area contributed by atoms with Gasteiger partial charge in [0.05, 0.1) is 6.04 Å². The molecule has 21 heavy (non-hydrogen) atoms. The molecule has 3 rings (SSSR count). The number of benzene rings is 1. The molecule has 0 aromatic heterocycles. The zero-order chi connectivity index (χ0) is 14.7. The molecule has 114 valence electrons. The molecule has 2 unspecified atom stereocenters. The lowest BCUT2D eigenvalue weighted by molar-refractivity contribution is -0.122. The second-order valence-electron chi connectivity index (χ2n) is 5.37. The van der Waals surface area contributed by atoms with Crippen molar-refractivity contribution in [2.45, 2.75) is 29.8 Å². The van der Waals surface area contributed by atoms with Gasteiger partial charge >= 0.3 is 0 Å². The molecule has 2 heterocycles. The van der Waals surface area contributed by atoms with E-state index in [-0.39, 0.29) is 23.8 Å². The topological polar surface area (TPSA) is 41.1 Å². The van der Waals surface area contributed by atoms with E-state index in [0.717, 1.165) is 40.7 Å². The third kappa shape index (κ3) is 3.93. The minimum atomic E-state index is -0.235. The lowest BCUT2D eigenvalue weighted by Gasteiger charge is -2.28. The Kier molecular flexibility index (Phi) is 5.08. The van der Waals surface area contributed by atoms with Gasteiger partial charge in [-0.15, -0.1) is 11.8 Å². The normalized spacial score (nSPS) is 25.2. The van der Waals surface area contributed by atoms with Crippen LogP contribution < -0.4 is 10.6 Å². The molecule has 2 atom stereocenters. The van der Waals surface area contributed by atoms with Crippen molar-refractivity contribution in [2.75, 3.05) is 23.8 Å². The van der Waals surface area contributed by atoms with E-state index in [1.165, 1.54) is 6.07 Å². The molecule has 1 aromatic carbocycles. The number of amides is 1. The average Bonchev–Trinajstić information content (AvgIpc) is 2.49. The van der Waals surface area contributed by atoms with Crippen molar-refractivity contribution in [2.24, 2.45) is 0 Å². The van der Waals surface area contributed by atoms with Gasteiger partial charge in [0.2, 0.25) is 5.91 Å². The first-order valence-corrected chi connectivity index (χ1v) is 9.39. The summed E-state index contributed by atoms with van der Waals surface area (Å²) in [5.41, 5.74) is 0.922. The minimum Gasteiger partial charge on any atom is -0.349 e. The van der Waals surface area contributed by atoms with Crippen molar-refractivity contribution < 1.29 is 9.18 Å². The predicted molar refractivity (Wildman–Crippen MR) is 86.4 cm³/mol. The van der Waals surface area contributed by atoms with Crippen LogP contribution in [0.5, 0.6) is 0 Å². The van der Waals surface area contributed by atoms with Crippen molar-refractivity contribution in [3.8, 4) is 0 Å². The Labute approximate surface area is 132 Å². The van der Waals surface area contributed by atoms with Crippen molar-refractivity contribution in [1.29, 1.82) is 0 Å². The standard InChI is InChI=1S/C15H19FN2OS2/c16-10-1-2-14-12(7-10)13(3-5-21-14)18-15(19)8-11-9-20-6-4-17-11/h1-2,7,11,13,17H,3-6,8-9H2,(H,18,19). The molecule has 6 heteroatoms. The molecule has 0 saturated carbocycles. The quantitative estimate of drug-likeness (QED) is 0.896. The fourth-order valence-electron chi connectivity index (χ4n) is 2.74. The van der Waals surface area contributed by atoms with E-state index in [9.17, 15) is 9.18 Å². The molecule has 0 spiro atoms. The monoisotopic (exact) mass is 326 g/mol. The number of hydrogen-bond donors (Lipinski definition) is 2. The highest BCUT2D eigenvalue weighted by molar-refractivity contribution is 7.99. The van der Waals surface area contributed by atoms with Gasteiger partial charge in [-0.05, 0) is 30.2 Å². The summed E-state index contributed by atoms with van der Waals surface area (Å²) in [5, 5.41) is 6.45. The number of halogens is 1. The van der Waals surface area contributed by atoms with Crippen LogP contribution in [0.4, 0.5) is 4.39 Å². The number of fused-ring (bicyclic) bond motifs is 1. The highest BCUT2D eigenvalue weighted by Crippen LogP contribution is 2.36. The van der Waals surface area contributed by atoms with Gasteiger partial charge in [-0.2, -0.15) is 11.8 Å². The third-order valence-electron chi connectivity index (χ3n) is 3.78. The fraction of sp³-hybridized carbons (Fsp3) is 0.533. The minimum absolute atomic E-state index is 0.0549. The number of nitrogens with one attached hydrogen (secondary N) is 2. The lowest BCUT2D eigenvalue weighted by Crippen LogP contribution is -2.42. The highest BCUT2D eigenvalue weighted by Gasteiger charge is 2.24. The summed E-state index contributed by atoms with van der Waals surface area (Å²) in [5.74, 6) is 2.88. The second kappa shape index (κ2) is 7.03. The number of thioether (sulfide) groups is 2. The Balaban J connectivity index is 1.63. The van der Waals surface area contributed by atoms with Crippen LogP contribution in [0, 0.1) is 5.82 Å². The van der Waals surface area contributed by atoms with Crippen molar-refractivity contribution in [3.63, 3.8) is 0 Å². The molecule has 3 nitrogen and oxygen atoms in total. The van der Waals surface area contributed by atoms with Crippen LogP contribution in [0.3, 0.4) is 0 Å². The van der Waals surface area contributed by atoms with Gasteiger partial charge in [-0.25, -0.2) is 4.39 Å². The maximum atomic E-state index is 13.4. The summed E-state index contributed by atoms with van der Waals surface area (Å²) >= 11 is 3.62. The highest BCUT2D eigenvalue weighted by atomic mass is 32.2. The van der Waals surface area contributed by atoms with Crippen LogP contribution in [-0.2, 0) is 4.79 Å². The molecule has 2 aliphatic heterocycles. The lowest BCUT2D eigenvalue weighted by atomic mass is 10.0. The molecule has 0 bridgehead atoms. The zero-order valence-corrected chi connectivity index (χ0v) is 13.4. The Morgan fingerprint density at radius 2 is 2.33 bits per heavy atom. The van der Waals surface area contributed by atoms with Crippen LogP contribution in [0.15, 0.2) is 23.1 Å². The van der Waals surface area contributed by atoms with Gasteiger partial charge in [0.1, 0.15) is 5.82 Å². The summed E-state index contributed by atoms with van der Waals surface area (Å²) in [7, 11) is 0. The third-order valence-corrected chi connectivity index (χ3v) is 6.03. The number of carbonyl (C=O) groups is 1. The van der Waals surface area contributed by atoms with Gasteiger partial charge in [-0.1, -0.05) is 0 Å². The Bertz CT molecular complexity index is 520. The second-order valence-corrected chi connectivity index (χ2v) is 7.66. The first-order valence-electron chi connectivity index (χ1n) is 7.25. The Hall–Kier alpha value is -0.720. The maximum Gasteiger partial charge on any atom is 0.222 e. The first-order chi connectivity index (χ1) is 10.2. The molecule has 0 radical (unpaired) electrons. The van der Waals surface area contributed by atoms with Crippen LogP contribution in [0.2, 0.25) is 0 Å². The van der Waals surface area contributed by atoms with Crippen molar-refractivity contribution in [1.82, 2.24) is 10.6 Å². The summed E-state index contributed by atoms with van der Waals surface area (Å²) in [4.78, 5) is 13.3. The van der Waals surface area contributed by atoms with Gasteiger partial charge in [-0.3, -0.25) is 4.79 Å². The van der Waals surface area contributed by atoms with Gasteiger partial charge in [0.25, 0.3) is 0 Å². The van der Waals surface area contributed by atoms with Crippen LogP contribution in [-0.4, -0.2) is 35.8 Å². The average molecular weight is 326 g/mol. The van der Waals surface area contributed by atoms with E-state index in [1.54, 1.807) is 17.8 Å². The molecule has 2 aliphatic rings. The zero-order valence-electron chi connectivity index (χ0n) is 11.7. The van der Waals surface area contributed by atoms with E-state index in [2.05, 4.69) is 10.6 Å². The van der Waals surface area contributed by atoms with Crippen LogP contribution in [0.25, 0.3) is 0 Å². The van der Waals surface area contributed by atoms with Crippen molar-refractivity contribution in [3.05, 3.63) is 29.6 Å². The molecule has 2 N–H and O–H groups in total. The van der Waals surface area contributed by atoms with E-state index < -0.39 is 0 Å². The van der Waals surface area contributed by atoms with Gasteiger partial charge < -0.3 is 10.6 Å². The summed E-state index contributed by atoms with van der Waals surface area (Å²) in [6.07, 6.45) is 1.36. The van der Waals surface area contributed by atoms with Gasteiger partial charge in [0.15, 0.2) is 0 Å². The smallest absolute Gasteiger partial charge is 0.222 e. The Morgan fingerprint density at radius 1 is 1.43 bits per heavy atom. The number of carbonyl (C=O) groups excluding carboxylic acids is 1. The molecule has 0 aliphatic carbocycles. The molecular weight excluding hydrogens is 307 g/mol. The molecular formula is C15H19FN2OS2. The first kappa shape index (κ1) is 15.2. The maximum absolute atomic E-state index is 13.4. The van der Waals surface area contributed by atoms with Crippen LogP contribution in [0.1, 0.15) is 24.4 Å². The molecule has 1 fully saturated rings. The molecule has 1 amide bonds. The number of hydrogen-bond acceptors (Lipinski definition) is 4. The van der Waals surface area contributed by atoms with E-state index >= 15 is 0 Å². The SMILES string of the molecule is O=C(CC1CSCCN1)NC1CCSc2ccc(F)cc21. The van der Waals surface area contributed by atoms with E-state index in [0.29, 0.717) is 6.42 Å². The van der Waals surface area contributed by atoms with Gasteiger partial charge in [0, 0.05) is 41.2 Å². The predicted octanol–water partition coefficient (Wildman–Crippen LogP) is 2.57. The van der Waals surface area contributed by atoms with Crippen LogP contribution >= 0.6 is 23.5 Å². The van der Waals surface area contributed by atoms with E-state index in [4.69, 9.17) is 0 Å². The fourth-order valence-corrected chi connectivity index (χ4v) is 4.80. The van der Waals surface area contributed by atoms with Crippen molar-refractivity contribution >= 4 is 29.4 Å².